The van der Waals surface area contributed by atoms with Gasteiger partial charge >= 0.3 is 0 Å². The second kappa shape index (κ2) is 7.20. The van der Waals surface area contributed by atoms with Gasteiger partial charge in [-0.25, -0.2) is 0 Å². The van der Waals surface area contributed by atoms with Gasteiger partial charge in [0, 0.05) is 10.4 Å². The molecule has 0 unspecified atom stereocenters. The number of hydrogen-bond donors (Lipinski definition) is 8. The molecule has 0 aliphatic rings. The van der Waals surface area contributed by atoms with Crippen LogP contribution in [-0.4, -0.2) is 50.0 Å². The number of hydrogen-bond acceptors (Lipinski definition) is 8. The van der Waals surface area contributed by atoms with Crippen LogP contribution in [-0.2, 0) is 0 Å². The largest absolute Gasteiger partial charge is 0.515 e. The number of aromatic hydroxyl groups is 6. The van der Waals surface area contributed by atoms with Gasteiger partial charge in [-0.05, 0) is 48.5 Å². The molecule has 0 fully saturated rings. The van der Waals surface area contributed by atoms with Crippen molar-refractivity contribution in [1.29, 1.82) is 0 Å². The number of rotatable bonds is 2. The smallest absolute Gasteiger partial charge is 0.207 e. The van der Waals surface area contributed by atoms with Crippen LogP contribution in [0.25, 0.3) is 45.4 Å². The molecule has 0 atom stereocenters. The molecule has 34 heavy (non-hydrogen) atoms. The number of aliphatic hydroxyl groups is 2. The van der Waals surface area contributed by atoms with E-state index in [9.17, 15) is 40.9 Å². The van der Waals surface area contributed by atoms with E-state index in [-0.39, 0.29) is 54.9 Å². The Hall–Kier alpha value is -5.12. The van der Waals surface area contributed by atoms with E-state index in [0.29, 0.717) is 12.5 Å². The minimum atomic E-state index is -0.528. The lowest BCUT2D eigenvalue weighted by Crippen LogP contribution is -2.12. The summed E-state index contributed by atoms with van der Waals surface area (Å²) in [5.41, 5.74) is 0.508. The molecule has 0 amide bonds. The molecule has 0 radical (unpaired) electrons. The zero-order valence-electron chi connectivity index (χ0n) is 17.2. The first-order valence-electron chi connectivity index (χ1n) is 9.92. The Bertz CT molecular complexity index is 1510. The highest BCUT2D eigenvalue weighted by Crippen LogP contribution is 2.41. The van der Waals surface area contributed by atoms with Crippen LogP contribution < -0.4 is 10.4 Å². The van der Waals surface area contributed by atoms with Gasteiger partial charge in [-0.3, -0.25) is 9.13 Å². The minimum Gasteiger partial charge on any atom is -0.515 e. The van der Waals surface area contributed by atoms with E-state index in [2.05, 4.69) is 0 Å². The van der Waals surface area contributed by atoms with E-state index in [1.807, 2.05) is 0 Å². The summed E-state index contributed by atoms with van der Waals surface area (Å²) < 4.78 is 2.04. The molecular weight excluding hydrogens is 444 g/mol. The van der Waals surface area contributed by atoms with Crippen LogP contribution in [0, 0.1) is 0 Å². The fourth-order valence-electron chi connectivity index (χ4n) is 4.32. The lowest BCUT2D eigenvalue weighted by molar-refractivity contribution is 0.405. The number of phenolic OH excluding ortho intramolecular Hbond substituents is 2. The number of benzene rings is 3. The van der Waals surface area contributed by atoms with Crippen molar-refractivity contribution in [3.05, 3.63) is 59.0 Å². The molecule has 0 spiro atoms. The summed E-state index contributed by atoms with van der Waals surface area (Å²) in [6.45, 7) is 0. The number of aromatic nitrogens is 2. The molecule has 2 heterocycles. The van der Waals surface area contributed by atoms with Gasteiger partial charge in [0.1, 0.15) is 11.5 Å². The third-order valence-electron chi connectivity index (χ3n) is 5.79. The first-order valence-corrected chi connectivity index (χ1v) is 9.92. The molecule has 0 aliphatic carbocycles. The molecule has 0 saturated heterocycles. The molecule has 8 N–H and O–H groups in total. The van der Waals surface area contributed by atoms with Crippen LogP contribution in [0.4, 0.5) is 0 Å². The molecule has 2 aromatic heterocycles. The maximum atomic E-state index is 11.0. The third-order valence-corrected chi connectivity index (χ3v) is 5.79. The van der Waals surface area contributed by atoms with E-state index >= 15 is 0 Å². The molecule has 5 aromatic rings. The van der Waals surface area contributed by atoms with Gasteiger partial charge in [0.15, 0.2) is 0 Å². The van der Waals surface area contributed by atoms with Crippen molar-refractivity contribution in [3.8, 4) is 46.4 Å². The SMILES string of the molecule is OC=c1c2c(O)n(-c3ccc(O)cc3)c(O)c2c(=CO)c2c(O)n(-c3ccc(O)cc3)c(O)c12. The van der Waals surface area contributed by atoms with E-state index in [1.165, 1.54) is 48.5 Å². The Kier molecular flexibility index (Phi) is 4.40. The van der Waals surface area contributed by atoms with Gasteiger partial charge in [-0.15, -0.1) is 0 Å². The van der Waals surface area contributed by atoms with Gasteiger partial charge in [0.05, 0.1) is 45.4 Å². The molecule has 3 aromatic carbocycles. The Balaban J connectivity index is 2.00. The maximum absolute atomic E-state index is 11.0. The molecule has 10 nitrogen and oxygen atoms in total. The molecule has 0 bridgehead atoms. The van der Waals surface area contributed by atoms with Crippen LogP contribution in [0.2, 0.25) is 0 Å². The van der Waals surface area contributed by atoms with Gasteiger partial charge in [-0.1, -0.05) is 0 Å². The summed E-state index contributed by atoms with van der Waals surface area (Å²) in [7, 11) is 0. The van der Waals surface area contributed by atoms with Crippen LogP contribution in [0.15, 0.2) is 48.5 Å². The van der Waals surface area contributed by atoms with Crippen molar-refractivity contribution < 1.29 is 40.9 Å². The van der Waals surface area contributed by atoms with Crippen molar-refractivity contribution in [1.82, 2.24) is 9.13 Å². The summed E-state index contributed by atoms with van der Waals surface area (Å²) in [6.07, 6.45) is 1.21. The van der Waals surface area contributed by atoms with Crippen molar-refractivity contribution in [2.75, 3.05) is 0 Å². The van der Waals surface area contributed by atoms with E-state index in [0.717, 1.165) is 9.13 Å². The molecule has 0 saturated carbocycles. The molecule has 5 rings (SSSR count). The molecular formula is C24H18N2O8. The molecule has 172 valence electrons. The molecule has 0 aliphatic heterocycles. The average molecular weight is 462 g/mol. The number of phenols is 2. The Morgan fingerprint density at radius 1 is 0.441 bits per heavy atom. The highest BCUT2D eigenvalue weighted by molar-refractivity contribution is 6.09. The Morgan fingerprint density at radius 2 is 0.706 bits per heavy atom. The number of aliphatic hydroxyl groups excluding tert-OH is 2. The lowest BCUT2D eigenvalue weighted by Gasteiger charge is -2.07. The first-order chi connectivity index (χ1) is 16.3. The van der Waals surface area contributed by atoms with Crippen molar-refractivity contribution in [2.45, 2.75) is 0 Å². The second-order valence-electron chi connectivity index (χ2n) is 7.58. The van der Waals surface area contributed by atoms with Gasteiger partial charge in [0.2, 0.25) is 23.5 Å². The maximum Gasteiger partial charge on any atom is 0.207 e. The fraction of sp³-hybridized carbons (Fsp3) is 0. The van der Waals surface area contributed by atoms with Crippen LogP contribution >= 0.6 is 0 Å². The molecule has 10 heteroatoms. The fourth-order valence-corrected chi connectivity index (χ4v) is 4.32. The van der Waals surface area contributed by atoms with Gasteiger partial charge < -0.3 is 40.9 Å². The van der Waals surface area contributed by atoms with Crippen LogP contribution in [0.5, 0.6) is 35.0 Å². The van der Waals surface area contributed by atoms with E-state index < -0.39 is 23.5 Å². The topological polar surface area (TPSA) is 172 Å². The zero-order valence-corrected chi connectivity index (χ0v) is 17.2. The van der Waals surface area contributed by atoms with Crippen molar-refractivity contribution in [3.63, 3.8) is 0 Å². The standard InChI is InChI=1S/C24H18N2O8/c27-9-15-17-18(22(32)25(21(17)31)11-1-5-13(29)6-2-11)16(10-28)20-19(15)23(33)26(24(20)34)12-3-7-14(30)8-4-12/h1-10,27-34H. The summed E-state index contributed by atoms with van der Waals surface area (Å²) in [5.74, 6) is -2.19. The first kappa shape index (κ1) is 20.8. The summed E-state index contributed by atoms with van der Waals surface area (Å²) in [5, 5.41) is 82.7. The summed E-state index contributed by atoms with van der Waals surface area (Å²) in [4.78, 5) is 0. The normalized spacial score (nSPS) is 11.3. The van der Waals surface area contributed by atoms with Crippen molar-refractivity contribution >= 4 is 34.1 Å². The van der Waals surface area contributed by atoms with Gasteiger partial charge in [-0.2, -0.15) is 0 Å². The second-order valence-corrected chi connectivity index (χ2v) is 7.58. The average Bonchev–Trinajstić information content (AvgIpc) is 3.24. The Labute approximate surface area is 189 Å². The summed E-state index contributed by atoms with van der Waals surface area (Å²) in [6, 6.07) is 11.0. The van der Waals surface area contributed by atoms with E-state index in [4.69, 9.17) is 0 Å². The number of nitrogens with zero attached hydrogens (tertiary/aromatic N) is 2. The van der Waals surface area contributed by atoms with Gasteiger partial charge in [0.25, 0.3) is 0 Å². The minimum absolute atomic E-state index is 0.0412. The van der Waals surface area contributed by atoms with Crippen LogP contribution in [0.3, 0.4) is 0 Å². The quantitative estimate of drug-likeness (QED) is 0.198. The highest BCUT2D eigenvalue weighted by Gasteiger charge is 2.28. The van der Waals surface area contributed by atoms with Crippen molar-refractivity contribution in [2.24, 2.45) is 0 Å². The Morgan fingerprint density at radius 3 is 0.941 bits per heavy atom. The lowest BCUT2D eigenvalue weighted by atomic mass is 10.0. The third kappa shape index (κ3) is 2.62. The van der Waals surface area contributed by atoms with E-state index in [1.54, 1.807) is 0 Å². The predicted molar refractivity (Wildman–Crippen MR) is 124 cm³/mol. The highest BCUT2D eigenvalue weighted by atomic mass is 16.3. The monoisotopic (exact) mass is 462 g/mol. The summed E-state index contributed by atoms with van der Waals surface area (Å²) >= 11 is 0. The zero-order chi connectivity index (χ0) is 24.3. The van der Waals surface area contributed by atoms with Crippen LogP contribution in [0.1, 0.15) is 0 Å². The predicted octanol–water partition coefficient (Wildman–Crippen LogP) is 2.40. The number of fused-ring (bicyclic) bond motifs is 2.